The van der Waals surface area contributed by atoms with Gasteiger partial charge in [0.05, 0.1) is 20.3 Å². The van der Waals surface area contributed by atoms with Crippen molar-refractivity contribution in [3.8, 4) is 0 Å². The van der Waals surface area contributed by atoms with Gasteiger partial charge in [0.1, 0.15) is 0 Å². The van der Waals surface area contributed by atoms with Crippen molar-refractivity contribution in [2.75, 3.05) is 40.0 Å². The summed E-state index contributed by atoms with van der Waals surface area (Å²) in [7, 11) is 1.38. The molecule has 0 aromatic heterocycles. The predicted octanol–water partition coefficient (Wildman–Crippen LogP) is 3.87. The zero-order chi connectivity index (χ0) is 21.5. The highest BCUT2D eigenvalue weighted by Crippen LogP contribution is 2.55. The van der Waals surface area contributed by atoms with Crippen molar-refractivity contribution in [1.82, 2.24) is 4.90 Å². The van der Waals surface area contributed by atoms with Crippen molar-refractivity contribution >= 4 is 0 Å². The van der Waals surface area contributed by atoms with Crippen LogP contribution >= 0.6 is 0 Å². The minimum atomic E-state index is -4.57. The molecule has 3 fully saturated rings. The number of nitrogens with zero attached hydrogens (tertiary/aromatic N) is 1. The van der Waals surface area contributed by atoms with Gasteiger partial charge in [-0.25, -0.2) is 9.78 Å². The Morgan fingerprint density at radius 1 is 1.17 bits per heavy atom. The highest BCUT2D eigenvalue weighted by molar-refractivity contribution is 5.24. The summed E-state index contributed by atoms with van der Waals surface area (Å²) < 4.78 is 59.4. The zero-order valence-electron chi connectivity index (χ0n) is 17.9. The molecule has 6 atom stereocenters. The number of ether oxygens (including phenoxy) is 3. The van der Waals surface area contributed by atoms with E-state index in [1.807, 2.05) is 4.90 Å². The predicted molar refractivity (Wildman–Crippen MR) is 101 cm³/mol. The van der Waals surface area contributed by atoms with Crippen molar-refractivity contribution in [2.24, 2.45) is 23.7 Å². The van der Waals surface area contributed by atoms with Crippen LogP contribution in [0.3, 0.4) is 0 Å². The highest BCUT2D eigenvalue weighted by Gasteiger charge is 2.56. The summed E-state index contributed by atoms with van der Waals surface area (Å²) in [6.07, 6.45) is -2.62. The maximum Gasteiger partial charge on any atom is 0.449 e. The van der Waals surface area contributed by atoms with E-state index in [1.165, 1.54) is 7.11 Å². The maximum atomic E-state index is 14.1. The summed E-state index contributed by atoms with van der Waals surface area (Å²) in [5.41, 5.74) is 0.377. The van der Waals surface area contributed by atoms with E-state index in [0.29, 0.717) is 50.6 Å². The lowest BCUT2D eigenvalue weighted by Gasteiger charge is -2.49. The fraction of sp³-hybridized carbons (Fsp3) is 0.905. The summed E-state index contributed by atoms with van der Waals surface area (Å²) in [5.74, 6) is -1.75. The summed E-state index contributed by atoms with van der Waals surface area (Å²) in [6, 6.07) is 0. The van der Waals surface area contributed by atoms with Gasteiger partial charge in [0.15, 0.2) is 0 Å². The van der Waals surface area contributed by atoms with E-state index < -0.39 is 24.0 Å². The van der Waals surface area contributed by atoms with E-state index in [9.17, 15) is 13.2 Å². The van der Waals surface area contributed by atoms with E-state index in [4.69, 9.17) is 24.0 Å². The Balaban J connectivity index is 1.71. The van der Waals surface area contributed by atoms with Gasteiger partial charge in [0.25, 0.3) is 0 Å². The van der Waals surface area contributed by atoms with Crippen LogP contribution in [0.2, 0.25) is 0 Å². The molecule has 0 bridgehead atoms. The molecule has 1 aliphatic carbocycles. The molecule has 0 spiro atoms. The molecule has 4 aliphatic rings. The minimum absolute atomic E-state index is 0.127. The molecule has 9 heteroatoms. The van der Waals surface area contributed by atoms with Crippen LogP contribution in [0.4, 0.5) is 13.2 Å². The topological polar surface area (TPSA) is 49.4 Å². The summed E-state index contributed by atoms with van der Waals surface area (Å²) in [5, 5.41) is 0. The van der Waals surface area contributed by atoms with E-state index >= 15 is 0 Å². The molecule has 4 rings (SSSR count). The smallest absolute Gasteiger partial charge is 0.449 e. The number of allylic oxidation sites excluding steroid dienone is 1. The summed E-state index contributed by atoms with van der Waals surface area (Å²) in [4.78, 5) is 12.2. The average Bonchev–Trinajstić information content (AvgIpc) is 2.83. The SMILES string of the molecule is COOC1(C)CC[C@@H]2C3[C@H](OC(C(F)(F)F)=C(CN4CCOCC4)[C@@H]3CC[C@H]2C)O1. The van der Waals surface area contributed by atoms with Gasteiger partial charge in [-0.2, -0.15) is 13.2 Å². The van der Waals surface area contributed by atoms with Gasteiger partial charge in [0, 0.05) is 32.0 Å². The normalized spacial score (nSPS) is 40.5. The second kappa shape index (κ2) is 8.58. The third-order valence-corrected chi connectivity index (χ3v) is 7.22. The van der Waals surface area contributed by atoms with Crippen LogP contribution in [-0.2, 0) is 24.0 Å². The minimum Gasteiger partial charge on any atom is -0.459 e. The van der Waals surface area contributed by atoms with Crippen LogP contribution < -0.4 is 0 Å². The van der Waals surface area contributed by atoms with E-state index in [-0.39, 0.29) is 24.3 Å². The Hall–Kier alpha value is -0.870. The Kier molecular flexibility index (Phi) is 6.38. The average molecular weight is 435 g/mol. The Morgan fingerprint density at radius 3 is 2.57 bits per heavy atom. The van der Waals surface area contributed by atoms with Crippen LogP contribution in [0.5, 0.6) is 0 Å². The lowest BCUT2D eigenvalue weighted by atomic mass is 9.62. The molecular formula is C21H32F3NO5. The molecule has 0 aromatic carbocycles. The lowest BCUT2D eigenvalue weighted by molar-refractivity contribution is -0.438. The Morgan fingerprint density at radius 2 is 1.90 bits per heavy atom. The number of hydrogen-bond acceptors (Lipinski definition) is 6. The first kappa shape index (κ1) is 22.3. The summed E-state index contributed by atoms with van der Waals surface area (Å²) in [6.45, 7) is 6.50. The molecule has 0 amide bonds. The molecule has 6 nitrogen and oxygen atoms in total. The number of alkyl halides is 3. The molecule has 2 saturated heterocycles. The quantitative estimate of drug-likeness (QED) is 0.494. The van der Waals surface area contributed by atoms with E-state index in [1.54, 1.807) is 6.92 Å². The number of halogens is 3. The van der Waals surface area contributed by atoms with E-state index in [0.717, 1.165) is 12.8 Å². The molecule has 0 radical (unpaired) electrons. The van der Waals surface area contributed by atoms with Crippen LogP contribution in [-0.4, -0.2) is 63.1 Å². The number of hydrogen-bond donors (Lipinski definition) is 0. The molecule has 172 valence electrons. The molecular weight excluding hydrogens is 403 g/mol. The largest absolute Gasteiger partial charge is 0.459 e. The van der Waals surface area contributed by atoms with Gasteiger partial charge in [-0.15, -0.1) is 0 Å². The molecule has 2 unspecified atom stereocenters. The van der Waals surface area contributed by atoms with Crippen molar-refractivity contribution in [2.45, 2.75) is 57.8 Å². The fourth-order valence-corrected chi connectivity index (χ4v) is 5.75. The zero-order valence-corrected chi connectivity index (χ0v) is 17.9. The molecule has 0 N–H and O–H groups in total. The van der Waals surface area contributed by atoms with Gasteiger partial charge in [0.2, 0.25) is 17.8 Å². The number of morpholine rings is 1. The first-order chi connectivity index (χ1) is 14.2. The second-order valence-electron chi connectivity index (χ2n) is 9.17. The first-order valence-corrected chi connectivity index (χ1v) is 10.9. The molecule has 30 heavy (non-hydrogen) atoms. The second-order valence-corrected chi connectivity index (χ2v) is 9.17. The van der Waals surface area contributed by atoms with Crippen LogP contribution in [0.25, 0.3) is 0 Å². The Bertz CT molecular complexity index is 651. The summed E-state index contributed by atoms with van der Waals surface area (Å²) >= 11 is 0. The van der Waals surface area contributed by atoms with Crippen LogP contribution in [0.1, 0.15) is 39.5 Å². The monoisotopic (exact) mass is 435 g/mol. The van der Waals surface area contributed by atoms with Crippen molar-refractivity contribution in [3.05, 3.63) is 11.3 Å². The molecule has 3 heterocycles. The lowest BCUT2D eigenvalue weighted by Crippen LogP contribution is -2.51. The molecule has 3 aliphatic heterocycles. The third-order valence-electron chi connectivity index (χ3n) is 7.22. The van der Waals surface area contributed by atoms with Gasteiger partial charge < -0.3 is 14.2 Å². The standard InChI is InChI=1S/C21H32F3NO5/c1-13-4-5-15-16(12-25-8-10-27-11-9-25)18(21(22,23)24)28-19-17(15)14(13)6-7-20(2,29-19)30-26-3/h13-15,17,19H,4-12H2,1-3H3/t13-,14+,15+,17?,19-,20?/m1/s1. The molecule has 1 saturated carbocycles. The Labute approximate surface area is 175 Å². The van der Waals surface area contributed by atoms with Crippen molar-refractivity contribution in [3.63, 3.8) is 0 Å². The van der Waals surface area contributed by atoms with Crippen LogP contribution in [0.15, 0.2) is 11.3 Å². The van der Waals surface area contributed by atoms with Gasteiger partial charge in [-0.3, -0.25) is 4.90 Å². The van der Waals surface area contributed by atoms with Crippen LogP contribution in [0, 0.1) is 23.7 Å². The highest BCUT2D eigenvalue weighted by atomic mass is 19.4. The maximum absolute atomic E-state index is 14.1. The third kappa shape index (κ3) is 4.37. The van der Waals surface area contributed by atoms with E-state index in [2.05, 4.69) is 6.92 Å². The van der Waals surface area contributed by atoms with Gasteiger partial charge in [-0.1, -0.05) is 6.92 Å². The van der Waals surface area contributed by atoms with Gasteiger partial charge in [-0.05, 0) is 49.5 Å². The fourth-order valence-electron chi connectivity index (χ4n) is 5.75. The first-order valence-electron chi connectivity index (χ1n) is 10.9. The van der Waals surface area contributed by atoms with Crippen molar-refractivity contribution in [1.29, 1.82) is 0 Å². The molecule has 0 aromatic rings. The number of rotatable bonds is 4. The van der Waals surface area contributed by atoms with Crippen molar-refractivity contribution < 1.29 is 37.2 Å². The van der Waals surface area contributed by atoms with Gasteiger partial charge >= 0.3 is 6.18 Å².